The second kappa shape index (κ2) is 8.17. The molecule has 0 amide bonds. The number of benzene rings is 1. The second-order valence-corrected chi connectivity index (χ2v) is 6.69. The van der Waals surface area contributed by atoms with Gasteiger partial charge in [-0.3, -0.25) is 0 Å². The van der Waals surface area contributed by atoms with Crippen LogP contribution >= 0.6 is 11.6 Å². The average molecular weight is 309 g/mol. The van der Waals surface area contributed by atoms with E-state index < -0.39 is 0 Å². The summed E-state index contributed by atoms with van der Waals surface area (Å²) in [5.74, 6) is 0. The van der Waals surface area contributed by atoms with Crippen molar-refractivity contribution in [3.63, 3.8) is 0 Å². The topological polar surface area (TPSA) is 15.3 Å². The van der Waals surface area contributed by atoms with Gasteiger partial charge in [0.25, 0.3) is 0 Å². The molecular weight excluding hydrogens is 280 g/mol. The van der Waals surface area contributed by atoms with Gasteiger partial charge in [0.1, 0.15) is 0 Å². The van der Waals surface area contributed by atoms with Crippen LogP contribution < -0.4 is 5.32 Å². The van der Waals surface area contributed by atoms with Crippen molar-refractivity contribution >= 4 is 11.6 Å². The first kappa shape index (κ1) is 16.8. The fourth-order valence-corrected chi connectivity index (χ4v) is 3.55. The van der Waals surface area contributed by atoms with Gasteiger partial charge in [-0.25, -0.2) is 0 Å². The highest BCUT2D eigenvalue weighted by molar-refractivity contribution is 6.30. The molecule has 0 saturated carbocycles. The highest BCUT2D eigenvalue weighted by atomic mass is 35.5. The summed E-state index contributed by atoms with van der Waals surface area (Å²) in [6.45, 7) is 10.4. The molecule has 1 aliphatic carbocycles. The molecule has 2 unspecified atom stereocenters. The zero-order chi connectivity index (χ0) is 15.2. The Morgan fingerprint density at radius 1 is 1.24 bits per heavy atom. The number of hydrogen-bond donors (Lipinski definition) is 1. The summed E-state index contributed by atoms with van der Waals surface area (Å²) in [6, 6.07) is 7.50. The Kier molecular flexibility index (Phi) is 6.53. The molecule has 2 atom stereocenters. The van der Waals surface area contributed by atoms with Crippen molar-refractivity contribution in [2.75, 3.05) is 19.6 Å². The third-order valence-corrected chi connectivity index (χ3v) is 4.86. The molecule has 3 heteroatoms. The van der Waals surface area contributed by atoms with Gasteiger partial charge in [-0.2, -0.15) is 0 Å². The van der Waals surface area contributed by atoms with Crippen molar-refractivity contribution in [3.05, 3.63) is 34.3 Å². The molecule has 1 N–H and O–H groups in total. The molecule has 0 fully saturated rings. The minimum absolute atomic E-state index is 0.585. The third-order valence-electron chi connectivity index (χ3n) is 4.63. The first-order valence-corrected chi connectivity index (χ1v) is 8.75. The van der Waals surface area contributed by atoms with Crippen LogP contribution in [0, 0.1) is 0 Å². The number of rotatable bonds is 8. The van der Waals surface area contributed by atoms with Gasteiger partial charge in [0.15, 0.2) is 0 Å². The third kappa shape index (κ3) is 4.98. The molecule has 0 spiro atoms. The summed E-state index contributed by atoms with van der Waals surface area (Å²) in [5, 5.41) is 4.66. The van der Waals surface area contributed by atoms with E-state index in [1.165, 1.54) is 30.5 Å². The fourth-order valence-electron chi connectivity index (χ4n) is 3.35. The van der Waals surface area contributed by atoms with Crippen LogP contribution in [-0.4, -0.2) is 36.6 Å². The monoisotopic (exact) mass is 308 g/mol. The number of hydrogen-bond acceptors (Lipinski definition) is 2. The largest absolute Gasteiger partial charge is 0.311 e. The maximum atomic E-state index is 6.08. The molecular formula is C18H29ClN2. The number of nitrogens with one attached hydrogen (secondary N) is 1. The second-order valence-electron chi connectivity index (χ2n) is 6.26. The standard InChI is InChI=1S/C18H29ClN2/c1-4-21(5-2)10-6-7-14(3)20-18-12-15-8-9-17(19)11-16(15)13-18/h8-9,11,14,18,20H,4-7,10,12-13H2,1-3H3. The van der Waals surface area contributed by atoms with Crippen LogP contribution in [0.1, 0.15) is 44.7 Å². The van der Waals surface area contributed by atoms with Gasteiger partial charge in [-0.1, -0.05) is 31.5 Å². The lowest BCUT2D eigenvalue weighted by Gasteiger charge is -2.22. The Morgan fingerprint density at radius 3 is 2.67 bits per heavy atom. The van der Waals surface area contributed by atoms with Crippen molar-refractivity contribution in [2.24, 2.45) is 0 Å². The molecule has 118 valence electrons. The molecule has 1 aliphatic rings. The fraction of sp³-hybridized carbons (Fsp3) is 0.667. The molecule has 0 aromatic heterocycles. The predicted octanol–water partition coefficient (Wildman–Crippen LogP) is 3.91. The molecule has 1 aromatic carbocycles. The van der Waals surface area contributed by atoms with E-state index in [2.05, 4.69) is 43.1 Å². The van der Waals surface area contributed by atoms with E-state index in [4.69, 9.17) is 11.6 Å². The molecule has 0 saturated heterocycles. The molecule has 0 heterocycles. The molecule has 0 aliphatic heterocycles. The van der Waals surface area contributed by atoms with Gasteiger partial charge >= 0.3 is 0 Å². The van der Waals surface area contributed by atoms with Crippen LogP contribution in [0.3, 0.4) is 0 Å². The van der Waals surface area contributed by atoms with Crippen molar-refractivity contribution in [1.82, 2.24) is 10.2 Å². The first-order chi connectivity index (χ1) is 10.1. The van der Waals surface area contributed by atoms with Gasteiger partial charge in [0.2, 0.25) is 0 Å². The van der Waals surface area contributed by atoms with Crippen molar-refractivity contribution in [2.45, 2.75) is 58.5 Å². The lowest BCUT2D eigenvalue weighted by molar-refractivity contribution is 0.288. The number of fused-ring (bicyclic) bond motifs is 1. The Balaban J connectivity index is 1.71. The smallest absolute Gasteiger partial charge is 0.0408 e. The minimum atomic E-state index is 0.585. The van der Waals surface area contributed by atoms with E-state index in [0.29, 0.717) is 12.1 Å². The molecule has 2 rings (SSSR count). The maximum Gasteiger partial charge on any atom is 0.0408 e. The number of halogens is 1. The van der Waals surface area contributed by atoms with Crippen LogP contribution in [0.15, 0.2) is 18.2 Å². The Hall–Kier alpha value is -0.570. The lowest BCUT2D eigenvalue weighted by Crippen LogP contribution is -2.37. The van der Waals surface area contributed by atoms with Gasteiger partial charge in [-0.15, -0.1) is 0 Å². The van der Waals surface area contributed by atoms with Crippen molar-refractivity contribution < 1.29 is 0 Å². The van der Waals surface area contributed by atoms with Crippen LogP contribution in [0.5, 0.6) is 0 Å². The lowest BCUT2D eigenvalue weighted by atomic mass is 10.1. The highest BCUT2D eigenvalue weighted by Crippen LogP contribution is 2.25. The van der Waals surface area contributed by atoms with Crippen LogP contribution in [-0.2, 0) is 12.8 Å². The zero-order valence-corrected chi connectivity index (χ0v) is 14.4. The van der Waals surface area contributed by atoms with E-state index in [-0.39, 0.29) is 0 Å². The Bertz CT molecular complexity index is 443. The first-order valence-electron chi connectivity index (χ1n) is 8.38. The normalized spacial score (nSPS) is 19.0. The van der Waals surface area contributed by atoms with E-state index in [1.807, 2.05) is 6.07 Å². The summed E-state index contributed by atoms with van der Waals surface area (Å²) in [6.07, 6.45) is 4.80. The summed E-state index contributed by atoms with van der Waals surface area (Å²) in [4.78, 5) is 2.50. The van der Waals surface area contributed by atoms with E-state index in [1.54, 1.807) is 0 Å². The van der Waals surface area contributed by atoms with Crippen LogP contribution in [0.25, 0.3) is 0 Å². The van der Waals surface area contributed by atoms with Gasteiger partial charge in [-0.05, 0) is 75.5 Å². The summed E-state index contributed by atoms with van der Waals surface area (Å²) >= 11 is 6.08. The van der Waals surface area contributed by atoms with Gasteiger partial charge in [0, 0.05) is 17.1 Å². The van der Waals surface area contributed by atoms with Crippen LogP contribution in [0.4, 0.5) is 0 Å². The van der Waals surface area contributed by atoms with E-state index >= 15 is 0 Å². The highest BCUT2D eigenvalue weighted by Gasteiger charge is 2.22. The predicted molar refractivity (Wildman–Crippen MR) is 92.3 cm³/mol. The molecule has 0 bridgehead atoms. The molecule has 21 heavy (non-hydrogen) atoms. The summed E-state index contributed by atoms with van der Waals surface area (Å²) in [7, 11) is 0. The van der Waals surface area contributed by atoms with Crippen molar-refractivity contribution in [3.8, 4) is 0 Å². The quantitative estimate of drug-likeness (QED) is 0.783. The van der Waals surface area contributed by atoms with Crippen molar-refractivity contribution in [1.29, 1.82) is 0 Å². The zero-order valence-electron chi connectivity index (χ0n) is 13.7. The van der Waals surface area contributed by atoms with Crippen LogP contribution in [0.2, 0.25) is 5.02 Å². The molecule has 1 aromatic rings. The van der Waals surface area contributed by atoms with E-state index in [0.717, 1.165) is 31.0 Å². The van der Waals surface area contributed by atoms with Gasteiger partial charge < -0.3 is 10.2 Å². The maximum absolute atomic E-state index is 6.08. The SMILES string of the molecule is CCN(CC)CCCC(C)NC1Cc2ccc(Cl)cc2C1. The van der Waals surface area contributed by atoms with E-state index in [9.17, 15) is 0 Å². The molecule has 2 nitrogen and oxygen atoms in total. The Morgan fingerprint density at radius 2 is 1.95 bits per heavy atom. The Labute approximate surface area is 134 Å². The molecule has 0 radical (unpaired) electrons. The number of nitrogens with zero attached hydrogens (tertiary/aromatic N) is 1. The summed E-state index contributed by atoms with van der Waals surface area (Å²) < 4.78 is 0. The average Bonchev–Trinajstić information content (AvgIpc) is 2.84. The van der Waals surface area contributed by atoms with Gasteiger partial charge in [0.05, 0.1) is 0 Å². The summed E-state index contributed by atoms with van der Waals surface area (Å²) in [5.41, 5.74) is 2.89. The minimum Gasteiger partial charge on any atom is -0.311 e.